The highest BCUT2D eigenvalue weighted by Gasteiger charge is 2.11. The van der Waals surface area contributed by atoms with E-state index in [-0.39, 0.29) is 0 Å². The lowest BCUT2D eigenvalue weighted by atomic mass is 10.1. The summed E-state index contributed by atoms with van der Waals surface area (Å²) in [4.78, 5) is 4.91. The van der Waals surface area contributed by atoms with Crippen LogP contribution in [0.2, 0.25) is 0 Å². The second-order valence-electron chi connectivity index (χ2n) is 7.08. The van der Waals surface area contributed by atoms with E-state index in [0.29, 0.717) is 0 Å². The summed E-state index contributed by atoms with van der Waals surface area (Å²) in [5.41, 5.74) is 7.06. The Morgan fingerprint density at radius 3 is 2.46 bits per heavy atom. The standard InChI is InChI=1S/C25H24N2O/c1-18-14-23-24(15-19(18)2)27(17-21-10-7-11-22(16-21)28-3)25(26-23)13-12-20-8-5-4-6-9-20/h4-16H,17H2,1-3H3/b13-12+. The Hall–Kier alpha value is -3.33. The van der Waals surface area contributed by atoms with Crippen molar-refractivity contribution in [2.45, 2.75) is 20.4 Å². The molecular weight excluding hydrogens is 344 g/mol. The summed E-state index contributed by atoms with van der Waals surface area (Å²) in [6.45, 7) is 5.02. The zero-order valence-electron chi connectivity index (χ0n) is 16.5. The molecule has 1 heterocycles. The smallest absolute Gasteiger partial charge is 0.134 e. The Morgan fingerprint density at radius 1 is 0.893 bits per heavy atom. The van der Waals surface area contributed by atoms with Gasteiger partial charge in [0.05, 0.1) is 18.1 Å². The maximum atomic E-state index is 5.39. The number of fused-ring (bicyclic) bond motifs is 1. The third kappa shape index (κ3) is 3.70. The lowest BCUT2D eigenvalue weighted by molar-refractivity contribution is 0.414. The average Bonchev–Trinajstić information content (AvgIpc) is 3.04. The molecule has 140 valence electrons. The van der Waals surface area contributed by atoms with E-state index in [1.165, 1.54) is 16.7 Å². The van der Waals surface area contributed by atoms with Crippen molar-refractivity contribution in [1.29, 1.82) is 0 Å². The van der Waals surface area contributed by atoms with Gasteiger partial charge in [-0.1, -0.05) is 48.5 Å². The normalized spacial score (nSPS) is 11.4. The van der Waals surface area contributed by atoms with Gasteiger partial charge in [0.15, 0.2) is 0 Å². The van der Waals surface area contributed by atoms with Crippen LogP contribution in [0.3, 0.4) is 0 Å². The second-order valence-corrected chi connectivity index (χ2v) is 7.08. The van der Waals surface area contributed by atoms with Gasteiger partial charge in [-0.3, -0.25) is 0 Å². The summed E-state index contributed by atoms with van der Waals surface area (Å²) in [6.07, 6.45) is 4.21. The number of ether oxygens (including phenoxy) is 1. The molecule has 1 aromatic heterocycles. The van der Waals surface area contributed by atoms with Gasteiger partial charge in [-0.2, -0.15) is 0 Å². The van der Waals surface area contributed by atoms with Crippen molar-refractivity contribution in [1.82, 2.24) is 9.55 Å². The predicted octanol–water partition coefficient (Wildman–Crippen LogP) is 5.88. The molecule has 3 heteroatoms. The molecule has 4 rings (SSSR count). The number of methoxy groups -OCH3 is 1. The van der Waals surface area contributed by atoms with E-state index in [9.17, 15) is 0 Å². The molecular formula is C25H24N2O. The van der Waals surface area contributed by atoms with Crippen molar-refractivity contribution in [3.8, 4) is 5.75 Å². The number of nitrogens with zero attached hydrogens (tertiary/aromatic N) is 2. The Balaban J connectivity index is 1.81. The number of aromatic nitrogens is 2. The van der Waals surface area contributed by atoms with E-state index in [1.807, 2.05) is 30.3 Å². The molecule has 0 fully saturated rings. The Bertz CT molecular complexity index is 1140. The van der Waals surface area contributed by atoms with Crippen molar-refractivity contribution < 1.29 is 4.74 Å². The van der Waals surface area contributed by atoms with Crippen molar-refractivity contribution in [2.75, 3.05) is 7.11 Å². The molecule has 3 nitrogen and oxygen atoms in total. The highest BCUT2D eigenvalue weighted by molar-refractivity contribution is 5.81. The van der Waals surface area contributed by atoms with Crippen LogP contribution in [-0.2, 0) is 6.54 Å². The molecule has 3 aromatic carbocycles. The van der Waals surface area contributed by atoms with E-state index < -0.39 is 0 Å². The third-order valence-corrected chi connectivity index (χ3v) is 5.09. The molecule has 0 saturated heterocycles. The van der Waals surface area contributed by atoms with Gasteiger partial charge in [0.2, 0.25) is 0 Å². The molecule has 0 bridgehead atoms. The molecule has 0 aliphatic carbocycles. The van der Waals surface area contributed by atoms with Crippen LogP contribution in [0.5, 0.6) is 5.75 Å². The summed E-state index contributed by atoms with van der Waals surface area (Å²) < 4.78 is 7.67. The molecule has 4 aromatic rings. The predicted molar refractivity (Wildman–Crippen MR) is 117 cm³/mol. The first-order chi connectivity index (χ1) is 13.6. The summed E-state index contributed by atoms with van der Waals surface area (Å²) in [6, 6.07) is 22.9. The summed E-state index contributed by atoms with van der Waals surface area (Å²) in [5.74, 6) is 1.82. The molecule has 0 amide bonds. The minimum atomic E-state index is 0.741. The van der Waals surface area contributed by atoms with E-state index in [2.05, 4.69) is 67.0 Å². The molecule has 0 atom stereocenters. The minimum absolute atomic E-state index is 0.741. The molecule has 0 unspecified atom stereocenters. The number of imidazole rings is 1. The molecule has 0 spiro atoms. The average molecular weight is 368 g/mol. The fraction of sp³-hybridized carbons (Fsp3) is 0.160. The van der Waals surface area contributed by atoms with Crippen LogP contribution >= 0.6 is 0 Å². The SMILES string of the molecule is COc1cccc(Cn2c(/C=C/c3ccccc3)nc3cc(C)c(C)cc32)c1. The zero-order valence-corrected chi connectivity index (χ0v) is 16.5. The van der Waals surface area contributed by atoms with Gasteiger partial charge in [-0.25, -0.2) is 4.98 Å². The van der Waals surface area contributed by atoms with Gasteiger partial charge in [-0.05, 0) is 66.4 Å². The first-order valence-electron chi connectivity index (χ1n) is 9.47. The van der Waals surface area contributed by atoms with Crippen LogP contribution in [0.15, 0.2) is 66.7 Å². The van der Waals surface area contributed by atoms with E-state index >= 15 is 0 Å². The molecule has 0 N–H and O–H groups in total. The highest BCUT2D eigenvalue weighted by atomic mass is 16.5. The monoisotopic (exact) mass is 368 g/mol. The Morgan fingerprint density at radius 2 is 1.68 bits per heavy atom. The van der Waals surface area contributed by atoms with E-state index in [1.54, 1.807) is 7.11 Å². The Labute approximate surface area is 165 Å². The molecule has 28 heavy (non-hydrogen) atoms. The van der Waals surface area contributed by atoms with Crippen molar-refractivity contribution in [2.24, 2.45) is 0 Å². The Kier molecular flexibility index (Phi) is 4.98. The van der Waals surface area contributed by atoms with E-state index in [4.69, 9.17) is 9.72 Å². The summed E-state index contributed by atoms with van der Waals surface area (Å²) >= 11 is 0. The van der Waals surface area contributed by atoms with Gasteiger partial charge in [0, 0.05) is 6.54 Å². The molecule has 0 aliphatic rings. The molecule has 0 aliphatic heterocycles. The lowest BCUT2D eigenvalue weighted by Crippen LogP contribution is -2.02. The van der Waals surface area contributed by atoms with Gasteiger partial charge in [0.25, 0.3) is 0 Å². The number of rotatable bonds is 5. The van der Waals surface area contributed by atoms with Crippen LogP contribution in [-0.4, -0.2) is 16.7 Å². The van der Waals surface area contributed by atoms with Gasteiger partial charge in [0.1, 0.15) is 11.6 Å². The van der Waals surface area contributed by atoms with Gasteiger partial charge >= 0.3 is 0 Å². The topological polar surface area (TPSA) is 27.1 Å². The maximum absolute atomic E-state index is 5.39. The number of aryl methyl sites for hydroxylation is 2. The third-order valence-electron chi connectivity index (χ3n) is 5.09. The van der Waals surface area contributed by atoms with Crippen molar-refractivity contribution >= 4 is 23.2 Å². The fourth-order valence-corrected chi connectivity index (χ4v) is 3.38. The van der Waals surface area contributed by atoms with Gasteiger partial charge < -0.3 is 9.30 Å². The fourth-order valence-electron chi connectivity index (χ4n) is 3.38. The van der Waals surface area contributed by atoms with E-state index in [0.717, 1.165) is 34.7 Å². The molecule has 0 saturated carbocycles. The quantitative estimate of drug-likeness (QED) is 0.440. The zero-order chi connectivity index (χ0) is 19.5. The van der Waals surface area contributed by atoms with Crippen LogP contribution in [0.4, 0.5) is 0 Å². The van der Waals surface area contributed by atoms with Gasteiger partial charge in [-0.15, -0.1) is 0 Å². The first-order valence-corrected chi connectivity index (χ1v) is 9.47. The largest absolute Gasteiger partial charge is 0.497 e. The van der Waals surface area contributed by atoms with Crippen LogP contribution < -0.4 is 4.74 Å². The van der Waals surface area contributed by atoms with Crippen LogP contribution in [0.25, 0.3) is 23.2 Å². The second kappa shape index (κ2) is 7.73. The highest BCUT2D eigenvalue weighted by Crippen LogP contribution is 2.24. The summed E-state index contributed by atoms with van der Waals surface area (Å²) in [5, 5.41) is 0. The molecule has 0 radical (unpaired) electrons. The summed E-state index contributed by atoms with van der Waals surface area (Å²) in [7, 11) is 1.70. The van der Waals surface area contributed by atoms with Crippen molar-refractivity contribution in [3.05, 3.63) is 94.8 Å². The number of hydrogen-bond acceptors (Lipinski definition) is 2. The number of benzene rings is 3. The van der Waals surface area contributed by atoms with Crippen LogP contribution in [0, 0.1) is 13.8 Å². The minimum Gasteiger partial charge on any atom is -0.497 e. The van der Waals surface area contributed by atoms with Crippen LogP contribution in [0.1, 0.15) is 28.1 Å². The number of hydrogen-bond donors (Lipinski definition) is 0. The first kappa shape index (κ1) is 18.1. The maximum Gasteiger partial charge on any atom is 0.134 e. The lowest BCUT2D eigenvalue weighted by Gasteiger charge is -2.10. The van der Waals surface area contributed by atoms with Crippen molar-refractivity contribution in [3.63, 3.8) is 0 Å².